The van der Waals surface area contributed by atoms with Gasteiger partial charge in [0.05, 0.1) is 0 Å². The van der Waals surface area contributed by atoms with Gasteiger partial charge in [-0.3, -0.25) is 4.79 Å². The van der Waals surface area contributed by atoms with Crippen LogP contribution in [0.1, 0.15) is 33.6 Å². The smallest absolute Gasteiger partial charge is 0.410 e. The molecule has 6 heteroatoms. The molecule has 114 valence electrons. The van der Waals surface area contributed by atoms with Crippen molar-refractivity contribution in [2.75, 3.05) is 33.2 Å². The number of carbonyl (C=O) groups excluding carboxylic acids is 2. The minimum absolute atomic E-state index is 0.146. The average Bonchev–Trinajstić information content (AvgIpc) is 2.35. The Morgan fingerprint density at radius 1 is 1.25 bits per heavy atom. The van der Waals surface area contributed by atoms with E-state index in [1.54, 1.807) is 9.80 Å². The molecule has 0 aromatic rings. The van der Waals surface area contributed by atoms with E-state index >= 15 is 0 Å². The number of hydrogen-bond acceptors (Lipinski definition) is 4. The number of likely N-dealkylation sites (tertiary alicyclic amines) is 1. The lowest BCUT2D eigenvalue weighted by atomic mass is 9.84. The Balaban J connectivity index is 1.95. The van der Waals surface area contributed by atoms with E-state index in [1.165, 1.54) is 0 Å². The third-order valence-corrected chi connectivity index (χ3v) is 3.94. The van der Waals surface area contributed by atoms with E-state index in [4.69, 9.17) is 4.74 Å². The van der Waals surface area contributed by atoms with Gasteiger partial charge >= 0.3 is 6.09 Å². The fourth-order valence-corrected chi connectivity index (χ4v) is 2.79. The number of carbonyl (C=O) groups is 2. The minimum Gasteiger partial charge on any atom is -0.444 e. The van der Waals surface area contributed by atoms with E-state index in [2.05, 4.69) is 5.32 Å². The van der Waals surface area contributed by atoms with Gasteiger partial charge in [0.1, 0.15) is 11.1 Å². The second kappa shape index (κ2) is 5.24. The summed E-state index contributed by atoms with van der Waals surface area (Å²) >= 11 is 0. The molecule has 0 unspecified atom stereocenters. The van der Waals surface area contributed by atoms with Crippen molar-refractivity contribution in [3.8, 4) is 0 Å². The summed E-state index contributed by atoms with van der Waals surface area (Å²) in [5.41, 5.74) is -0.961. The number of piperazine rings is 1. The predicted molar refractivity (Wildman–Crippen MR) is 75.4 cm³/mol. The zero-order valence-electron chi connectivity index (χ0n) is 12.9. The van der Waals surface area contributed by atoms with Crippen LogP contribution in [-0.2, 0) is 9.53 Å². The van der Waals surface area contributed by atoms with E-state index in [0.29, 0.717) is 25.9 Å². The van der Waals surface area contributed by atoms with E-state index < -0.39 is 11.1 Å². The third kappa shape index (κ3) is 3.06. The van der Waals surface area contributed by atoms with E-state index in [9.17, 15) is 9.59 Å². The molecule has 2 saturated heterocycles. The maximum atomic E-state index is 12.3. The molecule has 2 heterocycles. The number of nitrogens with zero attached hydrogens (tertiary/aromatic N) is 2. The summed E-state index contributed by atoms with van der Waals surface area (Å²) in [4.78, 5) is 27.8. The largest absolute Gasteiger partial charge is 0.444 e. The lowest BCUT2D eigenvalue weighted by molar-refractivity contribution is -0.142. The zero-order chi connectivity index (χ0) is 15.0. The van der Waals surface area contributed by atoms with Gasteiger partial charge in [0.2, 0.25) is 5.91 Å². The van der Waals surface area contributed by atoms with Gasteiger partial charge < -0.3 is 19.9 Å². The molecule has 0 aromatic carbocycles. The molecule has 2 aliphatic rings. The standard InChI is InChI=1S/C14H25N3O3/c1-13(2,3)20-12(19)17-8-5-14(6-9-17)11(18)16(4)10-7-15-14/h15H,5-10H2,1-4H3. The van der Waals surface area contributed by atoms with Gasteiger partial charge in [0, 0.05) is 33.2 Å². The van der Waals surface area contributed by atoms with E-state index in [0.717, 1.165) is 13.1 Å². The molecule has 0 aliphatic carbocycles. The summed E-state index contributed by atoms with van der Waals surface area (Å²) in [7, 11) is 1.84. The third-order valence-electron chi connectivity index (χ3n) is 3.94. The fourth-order valence-electron chi connectivity index (χ4n) is 2.79. The summed E-state index contributed by atoms with van der Waals surface area (Å²) in [5.74, 6) is 0.146. The van der Waals surface area contributed by atoms with E-state index in [-0.39, 0.29) is 12.0 Å². The molecule has 2 fully saturated rings. The van der Waals surface area contributed by atoms with Crippen molar-refractivity contribution in [3.05, 3.63) is 0 Å². The van der Waals surface area contributed by atoms with Crippen molar-refractivity contribution in [3.63, 3.8) is 0 Å². The molecule has 0 radical (unpaired) electrons. The van der Waals surface area contributed by atoms with Crippen molar-refractivity contribution in [2.24, 2.45) is 0 Å². The van der Waals surface area contributed by atoms with Gasteiger partial charge in [0.25, 0.3) is 0 Å². The summed E-state index contributed by atoms with van der Waals surface area (Å²) in [6.07, 6.45) is 1.01. The average molecular weight is 283 g/mol. The van der Waals surface area contributed by atoms with Gasteiger partial charge in [-0.25, -0.2) is 4.79 Å². The molecule has 0 atom stereocenters. The normalized spacial score (nSPS) is 23.1. The molecule has 0 bridgehead atoms. The summed E-state index contributed by atoms with van der Waals surface area (Å²) in [6, 6.07) is 0. The van der Waals surface area contributed by atoms with Crippen molar-refractivity contribution in [1.29, 1.82) is 0 Å². The highest BCUT2D eigenvalue weighted by atomic mass is 16.6. The minimum atomic E-state index is -0.481. The van der Waals surface area contributed by atoms with Crippen LogP contribution in [0.25, 0.3) is 0 Å². The summed E-state index contributed by atoms with van der Waals surface area (Å²) in [5, 5.41) is 3.35. The number of amides is 2. The Morgan fingerprint density at radius 3 is 2.40 bits per heavy atom. The Morgan fingerprint density at radius 2 is 1.85 bits per heavy atom. The van der Waals surface area contributed by atoms with Gasteiger partial charge in [-0.1, -0.05) is 0 Å². The number of rotatable bonds is 0. The summed E-state index contributed by atoms with van der Waals surface area (Å²) < 4.78 is 5.37. The van der Waals surface area contributed by atoms with Crippen LogP contribution in [0.2, 0.25) is 0 Å². The van der Waals surface area contributed by atoms with Crippen LogP contribution >= 0.6 is 0 Å². The summed E-state index contributed by atoms with van der Waals surface area (Å²) in [6.45, 7) is 8.25. The van der Waals surface area contributed by atoms with Crippen LogP contribution < -0.4 is 5.32 Å². The lowest BCUT2D eigenvalue weighted by Gasteiger charge is -2.46. The van der Waals surface area contributed by atoms with Crippen LogP contribution in [0.4, 0.5) is 4.79 Å². The second-order valence-electron chi connectivity index (χ2n) is 6.70. The molecule has 1 spiro atoms. The van der Waals surface area contributed by atoms with Gasteiger partial charge in [-0.15, -0.1) is 0 Å². The Kier molecular flexibility index (Phi) is 3.95. The highest BCUT2D eigenvalue weighted by Gasteiger charge is 2.45. The molecule has 1 N–H and O–H groups in total. The number of hydrogen-bond donors (Lipinski definition) is 1. The first-order chi connectivity index (χ1) is 9.23. The number of ether oxygens (including phenoxy) is 1. The Bertz CT molecular complexity index is 395. The van der Waals surface area contributed by atoms with Gasteiger partial charge in [-0.2, -0.15) is 0 Å². The first-order valence-corrected chi connectivity index (χ1v) is 7.22. The molecular weight excluding hydrogens is 258 g/mol. The monoisotopic (exact) mass is 283 g/mol. The number of nitrogens with one attached hydrogen (secondary N) is 1. The predicted octanol–water partition coefficient (Wildman–Crippen LogP) is 0.818. The first kappa shape index (κ1) is 15.1. The SMILES string of the molecule is CN1CCNC2(CCN(C(=O)OC(C)(C)C)CC2)C1=O. The molecular formula is C14H25N3O3. The zero-order valence-corrected chi connectivity index (χ0v) is 12.9. The Labute approximate surface area is 120 Å². The molecule has 0 aromatic heterocycles. The van der Waals surface area contributed by atoms with Crippen LogP contribution in [0.15, 0.2) is 0 Å². The topological polar surface area (TPSA) is 61.9 Å². The fraction of sp³-hybridized carbons (Fsp3) is 0.857. The van der Waals surface area contributed by atoms with E-state index in [1.807, 2.05) is 27.8 Å². The van der Waals surface area contributed by atoms with Crippen LogP contribution in [-0.4, -0.2) is 66.2 Å². The van der Waals surface area contributed by atoms with Crippen molar-refractivity contribution in [1.82, 2.24) is 15.1 Å². The maximum absolute atomic E-state index is 12.3. The molecule has 2 rings (SSSR count). The van der Waals surface area contributed by atoms with Gasteiger partial charge in [-0.05, 0) is 33.6 Å². The number of piperidine rings is 1. The lowest BCUT2D eigenvalue weighted by Crippen LogP contribution is -2.67. The second-order valence-corrected chi connectivity index (χ2v) is 6.70. The van der Waals surface area contributed by atoms with Gasteiger partial charge in [0.15, 0.2) is 0 Å². The van der Waals surface area contributed by atoms with Crippen LogP contribution in [0.5, 0.6) is 0 Å². The molecule has 0 saturated carbocycles. The molecule has 2 aliphatic heterocycles. The number of likely N-dealkylation sites (N-methyl/N-ethyl adjacent to an activating group) is 1. The highest BCUT2D eigenvalue weighted by molar-refractivity contribution is 5.87. The first-order valence-electron chi connectivity index (χ1n) is 7.22. The highest BCUT2D eigenvalue weighted by Crippen LogP contribution is 2.27. The van der Waals surface area contributed by atoms with Crippen molar-refractivity contribution < 1.29 is 14.3 Å². The van der Waals surface area contributed by atoms with Crippen molar-refractivity contribution >= 4 is 12.0 Å². The van der Waals surface area contributed by atoms with Crippen LogP contribution in [0.3, 0.4) is 0 Å². The van der Waals surface area contributed by atoms with Crippen molar-refractivity contribution in [2.45, 2.75) is 44.8 Å². The Hall–Kier alpha value is -1.30. The quantitative estimate of drug-likeness (QED) is 0.715. The van der Waals surface area contributed by atoms with Crippen LogP contribution in [0, 0.1) is 0 Å². The molecule has 20 heavy (non-hydrogen) atoms. The molecule has 2 amide bonds. The maximum Gasteiger partial charge on any atom is 0.410 e. The molecule has 6 nitrogen and oxygen atoms in total.